The molecule has 0 saturated heterocycles. The fourth-order valence-corrected chi connectivity index (χ4v) is 2.24. The van der Waals surface area contributed by atoms with Gasteiger partial charge >= 0.3 is 5.97 Å². The van der Waals surface area contributed by atoms with Crippen molar-refractivity contribution in [3.8, 4) is 0 Å². The average molecular weight is 294 g/mol. The maximum Gasteiger partial charge on any atom is 0.323 e. The van der Waals surface area contributed by atoms with Gasteiger partial charge in [0.1, 0.15) is 11.5 Å². The number of hydrogen-bond acceptors (Lipinski definition) is 5. The molecule has 0 aliphatic heterocycles. The van der Waals surface area contributed by atoms with Gasteiger partial charge in [-0.1, -0.05) is 0 Å². The SMILES string of the molecule is CCOC(=O)CS(=O)(=O)Nc1c(N)cc(F)cc1F. The predicted molar refractivity (Wildman–Crippen MR) is 64.8 cm³/mol. The van der Waals surface area contributed by atoms with Gasteiger partial charge in [0, 0.05) is 6.07 Å². The van der Waals surface area contributed by atoms with E-state index in [0.717, 1.165) is 6.07 Å². The largest absolute Gasteiger partial charge is 0.465 e. The Labute approximate surface area is 108 Å². The number of esters is 1. The molecule has 0 aliphatic carbocycles. The first-order chi connectivity index (χ1) is 8.75. The standard InChI is InChI=1S/C10H12F2N2O4S/c1-2-18-9(15)5-19(16,17)14-10-7(12)3-6(11)4-8(10)13/h3-4,14H,2,5,13H2,1H3. The summed E-state index contributed by atoms with van der Waals surface area (Å²) < 4.78 is 55.5. The lowest BCUT2D eigenvalue weighted by atomic mass is 10.2. The van der Waals surface area contributed by atoms with Crippen LogP contribution in [-0.4, -0.2) is 26.7 Å². The van der Waals surface area contributed by atoms with Gasteiger partial charge in [0.2, 0.25) is 10.0 Å². The smallest absolute Gasteiger partial charge is 0.323 e. The summed E-state index contributed by atoms with van der Waals surface area (Å²) in [5.74, 6) is -4.10. The third-order valence-corrected chi connectivity index (χ3v) is 3.09. The molecule has 1 aromatic carbocycles. The number of carbonyl (C=O) groups excluding carboxylic acids is 1. The van der Waals surface area contributed by atoms with Crippen LogP contribution < -0.4 is 10.5 Å². The molecule has 1 aromatic rings. The van der Waals surface area contributed by atoms with Crippen molar-refractivity contribution in [1.82, 2.24) is 0 Å². The van der Waals surface area contributed by atoms with E-state index in [1.807, 2.05) is 0 Å². The van der Waals surface area contributed by atoms with E-state index in [1.54, 1.807) is 4.72 Å². The number of nitrogen functional groups attached to an aromatic ring is 1. The molecule has 0 spiro atoms. The summed E-state index contributed by atoms with van der Waals surface area (Å²) in [5.41, 5.74) is 4.26. The summed E-state index contributed by atoms with van der Waals surface area (Å²) in [7, 11) is -4.18. The number of ether oxygens (including phenoxy) is 1. The highest BCUT2D eigenvalue weighted by Gasteiger charge is 2.21. The third kappa shape index (κ3) is 4.36. The molecule has 19 heavy (non-hydrogen) atoms. The molecule has 0 aromatic heterocycles. The first-order valence-corrected chi connectivity index (χ1v) is 6.81. The van der Waals surface area contributed by atoms with Crippen LogP contribution in [0.5, 0.6) is 0 Å². The molecule has 0 atom stereocenters. The van der Waals surface area contributed by atoms with Crippen LogP contribution in [0.4, 0.5) is 20.2 Å². The number of carbonyl (C=O) groups is 1. The van der Waals surface area contributed by atoms with E-state index in [4.69, 9.17) is 5.73 Å². The minimum absolute atomic E-state index is 0.0153. The van der Waals surface area contributed by atoms with Gasteiger partial charge in [-0.15, -0.1) is 0 Å². The maximum absolute atomic E-state index is 13.4. The number of benzene rings is 1. The second-order valence-electron chi connectivity index (χ2n) is 3.52. The second kappa shape index (κ2) is 5.83. The molecule has 0 fully saturated rings. The van der Waals surface area contributed by atoms with Crippen molar-refractivity contribution in [2.24, 2.45) is 0 Å². The highest BCUT2D eigenvalue weighted by atomic mass is 32.2. The van der Waals surface area contributed by atoms with E-state index in [9.17, 15) is 22.0 Å². The minimum atomic E-state index is -4.18. The molecule has 0 unspecified atom stereocenters. The molecule has 106 valence electrons. The Morgan fingerprint density at radius 1 is 1.42 bits per heavy atom. The van der Waals surface area contributed by atoms with Gasteiger partial charge in [-0.2, -0.15) is 0 Å². The Kier molecular flexibility index (Phi) is 4.65. The molecule has 0 bridgehead atoms. The quantitative estimate of drug-likeness (QED) is 0.619. The topological polar surface area (TPSA) is 98.5 Å². The van der Waals surface area contributed by atoms with Crippen molar-refractivity contribution in [3.63, 3.8) is 0 Å². The monoisotopic (exact) mass is 294 g/mol. The molecule has 0 saturated carbocycles. The highest BCUT2D eigenvalue weighted by molar-refractivity contribution is 7.93. The predicted octanol–water partition coefficient (Wildman–Crippen LogP) is 0.852. The van der Waals surface area contributed by atoms with Crippen molar-refractivity contribution >= 4 is 27.4 Å². The lowest BCUT2D eigenvalue weighted by Crippen LogP contribution is -2.25. The molecule has 6 nitrogen and oxygen atoms in total. The zero-order valence-electron chi connectivity index (χ0n) is 9.94. The summed E-state index contributed by atoms with van der Waals surface area (Å²) >= 11 is 0. The van der Waals surface area contributed by atoms with Gasteiger partial charge in [0.05, 0.1) is 12.3 Å². The fraction of sp³-hybridized carbons (Fsp3) is 0.300. The van der Waals surface area contributed by atoms with Crippen molar-refractivity contribution in [2.75, 3.05) is 22.8 Å². The Bertz CT molecular complexity index is 566. The molecule has 0 radical (unpaired) electrons. The fourth-order valence-electron chi connectivity index (χ4n) is 1.25. The van der Waals surface area contributed by atoms with E-state index in [2.05, 4.69) is 4.74 Å². The zero-order valence-corrected chi connectivity index (χ0v) is 10.8. The maximum atomic E-state index is 13.4. The summed E-state index contributed by atoms with van der Waals surface area (Å²) in [4.78, 5) is 11.0. The molecule has 0 amide bonds. The average Bonchev–Trinajstić information content (AvgIpc) is 2.23. The number of halogens is 2. The van der Waals surface area contributed by atoms with Crippen LogP contribution in [0, 0.1) is 11.6 Å². The Balaban J connectivity index is 2.93. The van der Waals surface area contributed by atoms with E-state index in [0.29, 0.717) is 6.07 Å². The highest BCUT2D eigenvalue weighted by Crippen LogP contribution is 2.24. The summed E-state index contributed by atoms with van der Waals surface area (Å²) in [6, 6.07) is 1.23. The number of nitrogens with two attached hydrogens (primary N) is 1. The Morgan fingerprint density at radius 3 is 2.58 bits per heavy atom. The van der Waals surface area contributed by atoms with E-state index in [-0.39, 0.29) is 6.61 Å². The van der Waals surface area contributed by atoms with Crippen molar-refractivity contribution < 1.29 is 26.7 Å². The number of sulfonamides is 1. The first-order valence-electron chi connectivity index (χ1n) is 5.16. The number of rotatable bonds is 5. The van der Waals surface area contributed by atoms with Crippen LogP contribution >= 0.6 is 0 Å². The second-order valence-corrected chi connectivity index (χ2v) is 5.24. The van der Waals surface area contributed by atoms with Crippen LogP contribution in [0.1, 0.15) is 6.92 Å². The van der Waals surface area contributed by atoms with Crippen LogP contribution in [0.3, 0.4) is 0 Å². The molecule has 9 heteroatoms. The number of hydrogen-bond donors (Lipinski definition) is 2. The van der Waals surface area contributed by atoms with Crippen LogP contribution in [0.25, 0.3) is 0 Å². The summed E-state index contributed by atoms with van der Waals surface area (Å²) in [5, 5.41) is 0. The lowest BCUT2D eigenvalue weighted by molar-refractivity contribution is -0.139. The van der Waals surface area contributed by atoms with Gasteiger partial charge in [-0.3, -0.25) is 9.52 Å². The molecule has 1 rings (SSSR count). The van der Waals surface area contributed by atoms with Gasteiger partial charge in [-0.05, 0) is 13.0 Å². The van der Waals surface area contributed by atoms with E-state index < -0.39 is 44.8 Å². The minimum Gasteiger partial charge on any atom is -0.465 e. The van der Waals surface area contributed by atoms with E-state index in [1.165, 1.54) is 6.92 Å². The molecule has 3 N–H and O–H groups in total. The Morgan fingerprint density at radius 2 is 2.05 bits per heavy atom. The zero-order chi connectivity index (χ0) is 14.6. The third-order valence-electron chi connectivity index (χ3n) is 1.96. The van der Waals surface area contributed by atoms with E-state index >= 15 is 0 Å². The first kappa shape index (κ1) is 15.2. The van der Waals surface area contributed by atoms with Gasteiger partial charge in [-0.25, -0.2) is 17.2 Å². The van der Waals surface area contributed by atoms with Crippen LogP contribution in [-0.2, 0) is 19.6 Å². The molecular weight excluding hydrogens is 282 g/mol. The summed E-state index contributed by atoms with van der Waals surface area (Å²) in [6.45, 7) is 1.52. The van der Waals surface area contributed by atoms with Gasteiger partial charge in [0.15, 0.2) is 11.6 Å². The Hall–Kier alpha value is -1.90. The van der Waals surface area contributed by atoms with Crippen molar-refractivity contribution in [1.29, 1.82) is 0 Å². The number of nitrogens with one attached hydrogen (secondary N) is 1. The van der Waals surface area contributed by atoms with Crippen LogP contribution in [0.2, 0.25) is 0 Å². The van der Waals surface area contributed by atoms with Crippen LogP contribution in [0.15, 0.2) is 12.1 Å². The van der Waals surface area contributed by atoms with Crippen molar-refractivity contribution in [2.45, 2.75) is 6.92 Å². The molecular formula is C10H12F2N2O4S. The molecule has 0 heterocycles. The summed E-state index contributed by atoms with van der Waals surface area (Å²) in [6.07, 6.45) is 0. The van der Waals surface area contributed by atoms with Gasteiger partial charge < -0.3 is 10.5 Å². The number of anilines is 2. The van der Waals surface area contributed by atoms with Crippen molar-refractivity contribution in [3.05, 3.63) is 23.8 Å². The van der Waals surface area contributed by atoms with Gasteiger partial charge in [0.25, 0.3) is 0 Å². The lowest BCUT2D eigenvalue weighted by Gasteiger charge is -2.11. The normalized spacial score (nSPS) is 11.1. The molecule has 0 aliphatic rings.